The lowest BCUT2D eigenvalue weighted by atomic mass is 10.2. The third kappa shape index (κ3) is 4.74. The summed E-state index contributed by atoms with van der Waals surface area (Å²) in [6.07, 6.45) is -4.19. The lowest BCUT2D eigenvalue weighted by Gasteiger charge is -2.20. The summed E-state index contributed by atoms with van der Waals surface area (Å²) in [4.78, 5) is 16.0. The summed E-state index contributed by atoms with van der Waals surface area (Å²) in [7, 11) is -3.81. The van der Waals surface area contributed by atoms with Crippen LogP contribution in [0.2, 0.25) is 5.02 Å². The fraction of sp³-hybridized carbons (Fsp3) is 0.188. The summed E-state index contributed by atoms with van der Waals surface area (Å²) < 4.78 is 67.4. The zero-order valence-corrected chi connectivity index (χ0v) is 16.5. The van der Waals surface area contributed by atoms with Crippen LogP contribution in [0, 0.1) is 0 Å². The number of halogens is 4. The molecule has 9 nitrogen and oxygen atoms in total. The van der Waals surface area contributed by atoms with Gasteiger partial charge in [-0.05, 0) is 24.3 Å². The Kier molecular flexibility index (Phi) is 5.52. The largest absolute Gasteiger partial charge is 0.482 e. The van der Waals surface area contributed by atoms with Crippen LogP contribution >= 0.6 is 11.6 Å². The number of pyridine rings is 1. The number of alkyl halides is 3. The van der Waals surface area contributed by atoms with Crippen molar-refractivity contribution in [3.05, 3.63) is 41.6 Å². The first-order valence-electron chi connectivity index (χ1n) is 7.94. The monoisotopic (exact) mass is 464 g/mol. The summed E-state index contributed by atoms with van der Waals surface area (Å²) in [5.74, 6) is -1.04. The van der Waals surface area contributed by atoms with Crippen LogP contribution in [0.1, 0.15) is 0 Å². The lowest BCUT2D eigenvalue weighted by molar-refractivity contribution is -0.153. The molecule has 1 aromatic carbocycles. The SMILES string of the molecule is CS(=O)(=O)c1ccc(N(C(=O)O)c2nc3ccc(Cl)cn3n2)c(OCC(F)(F)F)c1. The van der Waals surface area contributed by atoms with Crippen LogP contribution in [-0.4, -0.2) is 53.3 Å². The van der Waals surface area contributed by atoms with Gasteiger partial charge in [-0.1, -0.05) is 11.6 Å². The average Bonchev–Trinajstić information content (AvgIpc) is 3.01. The molecule has 0 aliphatic rings. The number of fused-ring (bicyclic) bond motifs is 1. The Labute approximate surface area is 172 Å². The molecule has 0 saturated heterocycles. The highest BCUT2D eigenvalue weighted by molar-refractivity contribution is 7.90. The predicted molar refractivity (Wildman–Crippen MR) is 99.3 cm³/mol. The van der Waals surface area contributed by atoms with Crippen LogP contribution in [0.4, 0.5) is 29.6 Å². The number of benzene rings is 1. The predicted octanol–water partition coefficient (Wildman–Crippen LogP) is 3.54. The minimum absolute atomic E-state index is 0.214. The zero-order chi connectivity index (χ0) is 22.3. The number of hydrogen-bond acceptors (Lipinski definition) is 6. The molecular formula is C16H12ClF3N4O5S. The molecule has 2 heterocycles. The normalized spacial score (nSPS) is 12.2. The van der Waals surface area contributed by atoms with Crippen LogP contribution in [0.25, 0.3) is 5.65 Å². The third-order valence-corrected chi connectivity index (χ3v) is 5.00. The number of ether oxygens (including phenoxy) is 1. The van der Waals surface area contributed by atoms with Gasteiger partial charge in [0.15, 0.2) is 22.1 Å². The van der Waals surface area contributed by atoms with E-state index in [1.54, 1.807) is 0 Å². The number of carbonyl (C=O) groups is 1. The molecule has 2 aromatic heterocycles. The van der Waals surface area contributed by atoms with Gasteiger partial charge in [0, 0.05) is 18.5 Å². The highest BCUT2D eigenvalue weighted by Gasteiger charge is 2.31. The highest BCUT2D eigenvalue weighted by Crippen LogP contribution is 2.36. The van der Waals surface area contributed by atoms with Crippen molar-refractivity contribution in [2.75, 3.05) is 17.8 Å². The maximum atomic E-state index is 12.7. The van der Waals surface area contributed by atoms with Gasteiger partial charge < -0.3 is 9.84 Å². The number of sulfone groups is 1. The van der Waals surface area contributed by atoms with Crippen molar-refractivity contribution in [3.63, 3.8) is 0 Å². The first-order valence-corrected chi connectivity index (χ1v) is 10.2. The van der Waals surface area contributed by atoms with E-state index in [9.17, 15) is 31.5 Å². The topological polar surface area (TPSA) is 114 Å². The molecule has 160 valence electrons. The van der Waals surface area contributed by atoms with E-state index in [4.69, 9.17) is 16.3 Å². The van der Waals surface area contributed by atoms with Crippen LogP contribution < -0.4 is 9.64 Å². The third-order valence-electron chi connectivity index (χ3n) is 3.67. The van der Waals surface area contributed by atoms with Crippen molar-refractivity contribution in [3.8, 4) is 5.75 Å². The summed E-state index contributed by atoms with van der Waals surface area (Å²) in [5.41, 5.74) is -0.188. The van der Waals surface area contributed by atoms with Gasteiger partial charge in [0.1, 0.15) is 5.75 Å². The summed E-state index contributed by atoms with van der Waals surface area (Å²) in [6.45, 7) is -1.77. The van der Waals surface area contributed by atoms with E-state index in [-0.39, 0.29) is 15.6 Å². The van der Waals surface area contributed by atoms with E-state index >= 15 is 0 Å². The van der Waals surface area contributed by atoms with E-state index in [1.807, 2.05) is 0 Å². The molecule has 3 rings (SSSR count). The van der Waals surface area contributed by atoms with Crippen molar-refractivity contribution in [1.82, 2.24) is 14.6 Å². The van der Waals surface area contributed by atoms with Gasteiger partial charge in [0.2, 0.25) is 0 Å². The lowest BCUT2D eigenvalue weighted by Crippen LogP contribution is -2.27. The van der Waals surface area contributed by atoms with Gasteiger partial charge in [0.25, 0.3) is 5.95 Å². The molecule has 0 spiro atoms. The van der Waals surface area contributed by atoms with Crippen LogP contribution in [-0.2, 0) is 9.84 Å². The Hall–Kier alpha value is -3.06. The second kappa shape index (κ2) is 7.65. The Morgan fingerprint density at radius 2 is 2.00 bits per heavy atom. The smallest absolute Gasteiger partial charge is 0.422 e. The second-order valence-electron chi connectivity index (χ2n) is 5.99. The molecule has 3 aromatic rings. The van der Waals surface area contributed by atoms with Gasteiger partial charge >= 0.3 is 12.3 Å². The quantitative estimate of drug-likeness (QED) is 0.614. The minimum atomic E-state index is -4.75. The molecule has 1 N–H and O–H groups in total. The first-order chi connectivity index (χ1) is 13.8. The molecule has 30 heavy (non-hydrogen) atoms. The summed E-state index contributed by atoms with van der Waals surface area (Å²) in [6, 6.07) is 5.77. The van der Waals surface area contributed by atoms with E-state index in [0.717, 1.165) is 24.5 Å². The first kappa shape index (κ1) is 21.6. The van der Waals surface area contributed by atoms with Crippen molar-refractivity contribution in [2.24, 2.45) is 0 Å². The Balaban J connectivity index is 2.15. The van der Waals surface area contributed by atoms with E-state index in [1.165, 1.54) is 22.8 Å². The Bertz CT molecular complexity index is 1230. The van der Waals surface area contributed by atoms with Gasteiger partial charge in [-0.3, -0.25) is 0 Å². The number of anilines is 2. The fourth-order valence-electron chi connectivity index (χ4n) is 2.42. The maximum absolute atomic E-state index is 12.7. The molecular weight excluding hydrogens is 453 g/mol. The number of amides is 1. The molecule has 0 aliphatic heterocycles. The average molecular weight is 465 g/mol. The zero-order valence-electron chi connectivity index (χ0n) is 15.0. The van der Waals surface area contributed by atoms with Crippen LogP contribution in [0.3, 0.4) is 0 Å². The Morgan fingerprint density at radius 3 is 2.60 bits per heavy atom. The molecule has 0 bridgehead atoms. The summed E-state index contributed by atoms with van der Waals surface area (Å²) in [5, 5.41) is 13.9. The van der Waals surface area contributed by atoms with Crippen molar-refractivity contribution >= 4 is 44.8 Å². The molecule has 0 radical (unpaired) electrons. The van der Waals surface area contributed by atoms with Gasteiger partial charge in [0.05, 0.1) is 15.6 Å². The van der Waals surface area contributed by atoms with Gasteiger partial charge in [-0.2, -0.15) is 18.2 Å². The number of rotatable bonds is 5. The molecule has 0 aliphatic carbocycles. The van der Waals surface area contributed by atoms with Gasteiger partial charge in [-0.15, -0.1) is 5.10 Å². The second-order valence-corrected chi connectivity index (χ2v) is 8.44. The molecule has 0 atom stereocenters. The van der Waals surface area contributed by atoms with Crippen molar-refractivity contribution < 1.29 is 36.2 Å². The van der Waals surface area contributed by atoms with E-state index < -0.39 is 46.1 Å². The fourth-order valence-corrected chi connectivity index (χ4v) is 3.21. The highest BCUT2D eigenvalue weighted by atomic mass is 35.5. The van der Waals surface area contributed by atoms with E-state index in [0.29, 0.717) is 4.90 Å². The molecule has 0 fully saturated rings. The standard InChI is InChI=1S/C16H12ClF3N4O5S/c1-30(27,28)10-3-4-11(12(6-10)29-8-16(18,19)20)24(15(25)26)14-21-13-5-2-9(17)7-23(13)22-14/h2-7H,8H2,1H3,(H,25,26). The molecule has 14 heteroatoms. The van der Waals surface area contributed by atoms with Crippen LogP contribution in [0.5, 0.6) is 5.75 Å². The van der Waals surface area contributed by atoms with Gasteiger partial charge in [-0.25, -0.2) is 22.6 Å². The molecule has 0 unspecified atom stereocenters. The van der Waals surface area contributed by atoms with E-state index in [2.05, 4.69) is 10.1 Å². The molecule has 1 amide bonds. The summed E-state index contributed by atoms with van der Waals surface area (Å²) >= 11 is 5.85. The Morgan fingerprint density at radius 1 is 1.30 bits per heavy atom. The number of hydrogen-bond donors (Lipinski definition) is 1. The maximum Gasteiger partial charge on any atom is 0.422 e. The number of nitrogens with zero attached hydrogens (tertiary/aromatic N) is 4. The number of carboxylic acid groups (broad SMARTS) is 1. The van der Waals surface area contributed by atoms with Crippen molar-refractivity contribution in [1.29, 1.82) is 0 Å². The number of aromatic nitrogens is 3. The molecule has 0 saturated carbocycles. The van der Waals surface area contributed by atoms with Crippen LogP contribution in [0.15, 0.2) is 41.4 Å². The van der Waals surface area contributed by atoms with Crippen molar-refractivity contribution in [2.45, 2.75) is 11.1 Å². The minimum Gasteiger partial charge on any atom is -0.482 e.